The van der Waals surface area contributed by atoms with Gasteiger partial charge in [0, 0.05) is 6.54 Å². The Morgan fingerprint density at radius 1 is 1.25 bits per heavy atom. The summed E-state index contributed by atoms with van der Waals surface area (Å²) in [6.07, 6.45) is 0. The molecule has 1 aromatic rings. The lowest BCUT2D eigenvalue weighted by atomic mass is 10.2. The van der Waals surface area contributed by atoms with Gasteiger partial charge in [-0.3, -0.25) is 0 Å². The van der Waals surface area contributed by atoms with Crippen LogP contribution in [0.5, 0.6) is 0 Å². The van der Waals surface area contributed by atoms with Crippen molar-refractivity contribution in [2.24, 2.45) is 5.92 Å². The van der Waals surface area contributed by atoms with Crippen LogP contribution in [0.1, 0.15) is 13.8 Å². The smallest absolute Gasteiger partial charge is 0.242 e. The molecule has 0 spiro atoms. The number of para-hydroxylation sites is 1. The maximum atomic E-state index is 11.7. The first kappa shape index (κ1) is 13.0. The lowest BCUT2D eigenvalue weighted by Crippen LogP contribution is -2.20. The van der Waals surface area contributed by atoms with Gasteiger partial charge in [0.2, 0.25) is 10.0 Å². The van der Waals surface area contributed by atoms with Crippen LogP contribution in [0.4, 0.5) is 5.69 Å². The van der Waals surface area contributed by atoms with Crippen molar-refractivity contribution in [1.29, 1.82) is 0 Å². The second-order valence-electron chi connectivity index (χ2n) is 3.98. The Morgan fingerprint density at radius 3 is 2.44 bits per heavy atom. The summed E-state index contributed by atoms with van der Waals surface area (Å²) in [4.78, 5) is 0.290. The van der Waals surface area contributed by atoms with E-state index in [0.717, 1.165) is 6.54 Å². The van der Waals surface area contributed by atoms with E-state index in [4.69, 9.17) is 0 Å². The van der Waals surface area contributed by atoms with Gasteiger partial charge in [-0.05, 0) is 25.1 Å². The van der Waals surface area contributed by atoms with Gasteiger partial charge in [-0.1, -0.05) is 26.0 Å². The summed E-state index contributed by atoms with van der Waals surface area (Å²) < 4.78 is 25.7. The molecule has 0 unspecified atom stereocenters. The van der Waals surface area contributed by atoms with E-state index in [0.29, 0.717) is 11.6 Å². The summed E-state index contributed by atoms with van der Waals surface area (Å²) in [5, 5.41) is 3.13. The molecular weight excluding hydrogens is 224 g/mol. The number of nitrogens with one attached hydrogen (secondary N) is 2. The Labute approximate surface area is 97.1 Å². The van der Waals surface area contributed by atoms with Gasteiger partial charge >= 0.3 is 0 Å². The van der Waals surface area contributed by atoms with Crippen LogP contribution in [0.3, 0.4) is 0 Å². The molecule has 0 radical (unpaired) electrons. The van der Waals surface area contributed by atoms with Crippen molar-refractivity contribution >= 4 is 15.7 Å². The van der Waals surface area contributed by atoms with Gasteiger partial charge < -0.3 is 5.32 Å². The first-order chi connectivity index (χ1) is 7.47. The van der Waals surface area contributed by atoms with Crippen molar-refractivity contribution in [2.45, 2.75) is 18.7 Å². The second kappa shape index (κ2) is 5.32. The van der Waals surface area contributed by atoms with Gasteiger partial charge in [0.1, 0.15) is 4.90 Å². The van der Waals surface area contributed by atoms with Gasteiger partial charge in [-0.2, -0.15) is 0 Å². The summed E-state index contributed by atoms with van der Waals surface area (Å²) in [5.74, 6) is 0.463. The Morgan fingerprint density at radius 2 is 1.88 bits per heavy atom. The van der Waals surface area contributed by atoms with Crippen molar-refractivity contribution in [3.8, 4) is 0 Å². The zero-order chi connectivity index (χ0) is 12.2. The van der Waals surface area contributed by atoms with Crippen molar-refractivity contribution in [3.63, 3.8) is 0 Å². The van der Waals surface area contributed by atoms with Crippen molar-refractivity contribution < 1.29 is 8.42 Å². The van der Waals surface area contributed by atoms with E-state index in [1.165, 1.54) is 7.05 Å². The highest BCUT2D eigenvalue weighted by Crippen LogP contribution is 2.20. The highest BCUT2D eigenvalue weighted by molar-refractivity contribution is 7.89. The van der Waals surface area contributed by atoms with Crippen LogP contribution < -0.4 is 10.0 Å². The van der Waals surface area contributed by atoms with Crippen molar-refractivity contribution in [1.82, 2.24) is 4.72 Å². The van der Waals surface area contributed by atoms with Crippen LogP contribution in [0.25, 0.3) is 0 Å². The van der Waals surface area contributed by atoms with E-state index in [1.54, 1.807) is 18.2 Å². The van der Waals surface area contributed by atoms with Gasteiger partial charge in [0.05, 0.1) is 5.69 Å². The van der Waals surface area contributed by atoms with Crippen LogP contribution in [0.2, 0.25) is 0 Å². The Bertz CT molecular complexity index is 441. The van der Waals surface area contributed by atoms with Gasteiger partial charge in [-0.25, -0.2) is 13.1 Å². The van der Waals surface area contributed by atoms with Crippen molar-refractivity contribution in [2.75, 3.05) is 18.9 Å². The van der Waals surface area contributed by atoms with Crippen LogP contribution in [-0.2, 0) is 10.0 Å². The third-order valence-electron chi connectivity index (χ3n) is 2.15. The summed E-state index contributed by atoms with van der Waals surface area (Å²) in [5.41, 5.74) is 0.644. The molecular formula is C11H18N2O2S. The molecule has 0 amide bonds. The lowest BCUT2D eigenvalue weighted by molar-refractivity contribution is 0.588. The van der Waals surface area contributed by atoms with E-state index >= 15 is 0 Å². The quantitative estimate of drug-likeness (QED) is 0.825. The Balaban J connectivity index is 3.01. The average molecular weight is 242 g/mol. The molecule has 0 atom stereocenters. The number of rotatable bonds is 5. The van der Waals surface area contributed by atoms with E-state index in [1.807, 2.05) is 6.07 Å². The fraction of sp³-hybridized carbons (Fsp3) is 0.455. The molecule has 0 saturated carbocycles. The van der Waals surface area contributed by atoms with Gasteiger partial charge in [-0.15, -0.1) is 0 Å². The predicted molar refractivity (Wildman–Crippen MR) is 66.0 cm³/mol. The van der Waals surface area contributed by atoms with E-state index in [2.05, 4.69) is 23.9 Å². The Kier molecular flexibility index (Phi) is 4.32. The molecule has 5 heteroatoms. The van der Waals surface area contributed by atoms with E-state index < -0.39 is 10.0 Å². The standard InChI is InChI=1S/C11H18N2O2S/c1-9(2)8-13-10-6-4-5-7-11(10)16(14,15)12-3/h4-7,9,12-13H,8H2,1-3H3. The monoisotopic (exact) mass is 242 g/mol. The van der Waals surface area contributed by atoms with Crippen LogP contribution in [0.15, 0.2) is 29.2 Å². The molecule has 0 aliphatic carbocycles. The second-order valence-corrected chi connectivity index (χ2v) is 5.83. The number of sulfonamides is 1. The Hall–Kier alpha value is -1.07. The molecule has 0 aromatic heterocycles. The summed E-state index contributed by atoms with van der Waals surface area (Å²) in [6.45, 7) is 4.89. The van der Waals surface area contributed by atoms with Crippen molar-refractivity contribution in [3.05, 3.63) is 24.3 Å². The minimum absolute atomic E-state index is 0.290. The maximum absolute atomic E-state index is 11.7. The zero-order valence-electron chi connectivity index (χ0n) is 9.82. The summed E-state index contributed by atoms with van der Waals surface area (Å²) in [7, 11) is -1.98. The molecule has 90 valence electrons. The predicted octanol–water partition coefficient (Wildman–Crippen LogP) is 1.66. The minimum Gasteiger partial charge on any atom is -0.384 e. The van der Waals surface area contributed by atoms with Gasteiger partial charge in [0.25, 0.3) is 0 Å². The summed E-state index contributed by atoms with van der Waals surface area (Å²) in [6, 6.07) is 6.89. The van der Waals surface area contributed by atoms with Crippen LogP contribution >= 0.6 is 0 Å². The number of benzene rings is 1. The third kappa shape index (κ3) is 3.21. The SMILES string of the molecule is CNS(=O)(=O)c1ccccc1NCC(C)C. The van der Waals surface area contributed by atoms with Gasteiger partial charge in [0.15, 0.2) is 0 Å². The molecule has 1 aromatic carbocycles. The molecule has 0 saturated heterocycles. The van der Waals surface area contributed by atoms with Crippen LogP contribution in [-0.4, -0.2) is 22.0 Å². The molecule has 0 aliphatic rings. The average Bonchev–Trinajstić information content (AvgIpc) is 2.26. The third-order valence-corrected chi connectivity index (χ3v) is 3.62. The highest BCUT2D eigenvalue weighted by Gasteiger charge is 2.15. The number of anilines is 1. The molecule has 1 rings (SSSR count). The topological polar surface area (TPSA) is 58.2 Å². The fourth-order valence-electron chi connectivity index (χ4n) is 1.27. The fourth-order valence-corrected chi connectivity index (χ4v) is 2.18. The normalized spacial score (nSPS) is 11.8. The highest BCUT2D eigenvalue weighted by atomic mass is 32.2. The molecule has 0 fully saturated rings. The molecule has 4 nitrogen and oxygen atoms in total. The maximum Gasteiger partial charge on any atom is 0.242 e. The summed E-state index contributed by atoms with van der Waals surface area (Å²) >= 11 is 0. The van der Waals surface area contributed by atoms with E-state index in [9.17, 15) is 8.42 Å². The zero-order valence-corrected chi connectivity index (χ0v) is 10.6. The lowest BCUT2D eigenvalue weighted by Gasteiger charge is -2.13. The molecule has 16 heavy (non-hydrogen) atoms. The largest absolute Gasteiger partial charge is 0.384 e. The minimum atomic E-state index is -3.39. The first-order valence-electron chi connectivity index (χ1n) is 5.24. The molecule has 0 bridgehead atoms. The molecule has 0 aliphatic heterocycles. The van der Waals surface area contributed by atoms with E-state index in [-0.39, 0.29) is 4.90 Å². The number of hydrogen-bond donors (Lipinski definition) is 2. The molecule has 0 heterocycles. The van der Waals surface area contributed by atoms with Crippen LogP contribution in [0, 0.1) is 5.92 Å². The number of hydrogen-bond acceptors (Lipinski definition) is 3. The molecule has 2 N–H and O–H groups in total. The first-order valence-corrected chi connectivity index (χ1v) is 6.72.